The van der Waals surface area contributed by atoms with E-state index >= 15 is 0 Å². The Hall–Kier alpha value is -2.94. The first-order chi connectivity index (χ1) is 22.8. The van der Waals surface area contributed by atoms with Gasteiger partial charge in [0.2, 0.25) is 11.8 Å². The predicted octanol–water partition coefficient (Wildman–Crippen LogP) is 7.87. The minimum Gasteiger partial charge on any atom is -0.480 e. The largest absolute Gasteiger partial charge is 0.480 e. The van der Waals surface area contributed by atoms with Gasteiger partial charge in [-0.1, -0.05) is 128 Å². The molecule has 0 aromatic carbocycles. The van der Waals surface area contributed by atoms with Crippen LogP contribution in [0.15, 0.2) is 36.5 Å². The van der Waals surface area contributed by atoms with E-state index in [4.69, 9.17) is 14.9 Å². The van der Waals surface area contributed by atoms with Crippen molar-refractivity contribution in [2.24, 2.45) is 0 Å². The number of carbonyl (C=O) groups excluding carboxylic acids is 3. The first kappa shape index (κ1) is 44.1. The van der Waals surface area contributed by atoms with Crippen LogP contribution in [0.25, 0.3) is 0 Å². The number of carboxylic acids is 1. The van der Waals surface area contributed by atoms with Gasteiger partial charge in [0.15, 0.2) is 0 Å². The number of unbranched alkanes of at least 4 members (excludes halogenated alkanes) is 14. The summed E-state index contributed by atoms with van der Waals surface area (Å²) in [6.45, 7) is 3.30. The van der Waals surface area contributed by atoms with Crippen LogP contribution in [0.4, 0.5) is 0 Å². The van der Waals surface area contributed by atoms with Gasteiger partial charge >= 0.3 is 11.9 Å². The van der Waals surface area contributed by atoms with E-state index in [0.29, 0.717) is 12.8 Å². The normalized spacial score (nSPS) is 12.9. The van der Waals surface area contributed by atoms with Crippen LogP contribution < -0.4 is 10.6 Å². The quantitative estimate of drug-likeness (QED) is 0.0326. The number of carboxylic acid groups (broad SMARTS) is 1. The monoisotopic (exact) mass is 662 g/mol. The van der Waals surface area contributed by atoms with E-state index in [1.807, 2.05) is 6.08 Å². The second-order valence-corrected chi connectivity index (χ2v) is 12.3. The number of nitrogens with one attached hydrogen (secondary N) is 2. The average Bonchev–Trinajstić information content (AvgIpc) is 3.05. The van der Waals surface area contributed by atoms with Crippen molar-refractivity contribution >= 4 is 23.8 Å². The third-order valence-electron chi connectivity index (χ3n) is 7.89. The Bertz CT molecular complexity index is 900. The van der Waals surface area contributed by atoms with Crippen LogP contribution in [0.2, 0.25) is 0 Å². The molecular formula is C38H66N2O7. The number of ether oxygens (including phenoxy) is 1. The Morgan fingerprint density at radius 2 is 1.19 bits per heavy atom. The number of rotatable bonds is 32. The Labute approximate surface area is 285 Å². The molecule has 0 aromatic heterocycles. The minimum absolute atomic E-state index is 0.138. The summed E-state index contributed by atoms with van der Waals surface area (Å²) in [7, 11) is 0. The van der Waals surface area contributed by atoms with Crippen LogP contribution in [0, 0.1) is 0 Å². The molecule has 2 unspecified atom stereocenters. The zero-order valence-corrected chi connectivity index (χ0v) is 29.5. The second kappa shape index (κ2) is 33.0. The topological polar surface area (TPSA) is 142 Å². The smallest absolute Gasteiger partial charge is 0.328 e. The van der Waals surface area contributed by atoms with Crippen LogP contribution in [-0.2, 0) is 23.9 Å². The number of hydrogen-bond donors (Lipinski definition) is 4. The van der Waals surface area contributed by atoms with Gasteiger partial charge in [0.25, 0.3) is 0 Å². The summed E-state index contributed by atoms with van der Waals surface area (Å²) >= 11 is 0. The van der Waals surface area contributed by atoms with Crippen LogP contribution in [-0.4, -0.2) is 59.3 Å². The van der Waals surface area contributed by atoms with Crippen molar-refractivity contribution in [1.29, 1.82) is 0 Å². The molecule has 0 saturated heterocycles. The predicted molar refractivity (Wildman–Crippen MR) is 190 cm³/mol. The van der Waals surface area contributed by atoms with Crippen LogP contribution in [0.1, 0.15) is 155 Å². The molecule has 0 fully saturated rings. The standard InChI is InChI=1S/C38H66N2O7/c1-3-5-7-9-11-13-14-15-16-18-20-26-30-37(44)47-33(27-23-19-17-12-10-8-6-4-2)28-24-21-22-25-29-35(42)39-31-36(43)40-34(32-41)38(45)46/h6,8,12,17,23,27,33-34,41H,3-5,7,9-11,13-16,18-22,24-26,28-32H2,1-2H3,(H,39,42)(H,40,43)(H,45,46)/b8-6-,17-12-,27-23-. The number of carbonyl (C=O) groups is 4. The Kier molecular flexibility index (Phi) is 30.9. The fourth-order valence-electron chi connectivity index (χ4n) is 5.06. The summed E-state index contributed by atoms with van der Waals surface area (Å²) in [6.07, 6.45) is 34.8. The highest BCUT2D eigenvalue weighted by Crippen LogP contribution is 2.15. The van der Waals surface area contributed by atoms with Gasteiger partial charge in [-0.05, 0) is 51.0 Å². The highest BCUT2D eigenvalue weighted by Gasteiger charge is 2.18. The van der Waals surface area contributed by atoms with E-state index in [9.17, 15) is 19.2 Å². The zero-order valence-electron chi connectivity index (χ0n) is 29.5. The van der Waals surface area contributed by atoms with Crippen molar-refractivity contribution in [3.63, 3.8) is 0 Å². The van der Waals surface area contributed by atoms with Gasteiger partial charge in [-0.15, -0.1) is 0 Å². The third-order valence-corrected chi connectivity index (χ3v) is 7.89. The molecule has 0 heterocycles. The number of allylic oxidation sites excluding steroid dienone is 5. The highest BCUT2D eigenvalue weighted by atomic mass is 16.5. The molecule has 0 rings (SSSR count). The maximum Gasteiger partial charge on any atom is 0.328 e. The van der Waals surface area contributed by atoms with E-state index in [2.05, 4.69) is 54.9 Å². The minimum atomic E-state index is -1.39. The number of aliphatic hydroxyl groups excluding tert-OH is 1. The number of aliphatic hydroxyl groups is 1. The molecule has 0 spiro atoms. The Balaban J connectivity index is 4.36. The Morgan fingerprint density at radius 1 is 0.660 bits per heavy atom. The number of hydrogen-bond acceptors (Lipinski definition) is 6. The van der Waals surface area contributed by atoms with E-state index in [-0.39, 0.29) is 30.9 Å². The van der Waals surface area contributed by atoms with Crippen molar-refractivity contribution in [2.45, 2.75) is 167 Å². The molecule has 0 aliphatic rings. The maximum atomic E-state index is 12.6. The van der Waals surface area contributed by atoms with Gasteiger partial charge in [-0.3, -0.25) is 14.4 Å². The molecule has 0 aliphatic heterocycles. The van der Waals surface area contributed by atoms with Crippen molar-refractivity contribution in [2.75, 3.05) is 13.2 Å². The van der Waals surface area contributed by atoms with Gasteiger partial charge in [0.05, 0.1) is 13.2 Å². The summed E-state index contributed by atoms with van der Waals surface area (Å²) in [5.74, 6) is -2.44. The summed E-state index contributed by atoms with van der Waals surface area (Å²) in [6, 6.07) is -1.39. The van der Waals surface area contributed by atoms with E-state index in [1.165, 1.54) is 64.2 Å². The van der Waals surface area contributed by atoms with Crippen molar-refractivity contribution in [1.82, 2.24) is 10.6 Å². The third kappa shape index (κ3) is 30.2. The zero-order chi connectivity index (χ0) is 34.8. The van der Waals surface area contributed by atoms with Crippen molar-refractivity contribution < 1.29 is 34.1 Å². The lowest BCUT2D eigenvalue weighted by atomic mass is 10.0. The molecule has 0 bridgehead atoms. The van der Waals surface area contributed by atoms with Crippen molar-refractivity contribution in [3.05, 3.63) is 36.5 Å². The average molecular weight is 663 g/mol. The fourth-order valence-corrected chi connectivity index (χ4v) is 5.06. The van der Waals surface area contributed by atoms with Crippen molar-refractivity contribution in [3.8, 4) is 0 Å². The highest BCUT2D eigenvalue weighted by molar-refractivity contribution is 5.87. The first-order valence-electron chi connectivity index (χ1n) is 18.4. The first-order valence-corrected chi connectivity index (χ1v) is 18.4. The fraction of sp³-hybridized carbons (Fsp3) is 0.737. The lowest BCUT2D eigenvalue weighted by molar-refractivity contribution is -0.147. The Morgan fingerprint density at radius 3 is 1.77 bits per heavy atom. The maximum absolute atomic E-state index is 12.6. The van der Waals surface area contributed by atoms with E-state index < -0.39 is 24.5 Å². The van der Waals surface area contributed by atoms with Crippen LogP contribution in [0.3, 0.4) is 0 Å². The van der Waals surface area contributed by atoms with Gasteiger partial charge in [0, 0.05) is 12.8 Å². The van der Waals surface area contributed by atoms with Gasteiger partial charge < -0.3 is 25.6 Å². The summed E-state index contributed by atoms with van der Waals surface area (Å²) in [5, 5.41) is 22.4. The summed E-state index contributed by atoms with van der Waals surface area (Å²) in [5.41, 5.74) is 0. The molecule has 0 aliphatic carbocycles. The SMILES string of the molecule is CC/C=C\C/C=C\C/C=C\C(CCCCCCC(=O)NCC(=O)NC(CO)C(=O)O)OC(=O)CCCCCCCCCCCCCC. The molecule has 0 aromatic rings. The molecule has 2 atom stereocenters. The van der Waals surface area contributed by atoms with E-state index in [1.54, 1.807) is 0 Å². The molecule has 9 nitrogen and oxygen atoms in total. The van der Waals surface area contributed by atoms with Gasteiger partial charge in [0.1, 0.15) is 12.1 Å². The number of aliphatic carboxylic acids is 1. The molecule has 4 N–H and O–H groups in total. The molecular weight excluding hydrogens is 596 g/mol. The lowest BCUT2D eigenvalue weighted by Gasteiger charge is -2.15. The summed E-state index contributed by atoms with van der Waals surface area (Å²) in [4.78, 5) is 47.3. The molecule has 0 saturated carbocycles. The molecule has 0 radical (unpaired) electrons. The second-order valence-electron chi connectivity index (χ2n) is 12.3. The van der Waals surface area contributed by atoms with Crippen LogP contribution in [0.5, 0.6) is 0 Å². The molecule has 47 heavy (non-hydrogen) atoms. The number of esters is 1. The number of amides is 2. The van der Waals surface area contributed by atoms with E-state index in [0.717, 1.165) is 57.8 Å². The summed E-state index contributed by atoms with van der Waals surface area (Å²) < 4.78 is 5.84. The van der Waals surface area contributed by atoms with Gasteiger partial charge in [-0.2, -0.15) is 0 Å². The molecule has 2 amide bonds. The lowest BCUT2D eigenvalue weighted by Crippen LogP contribution is -2.47. The van der Waals surface area contributed by atoms with Gasteiger partial charge in [-0.25, -0.2) is 4.79 Å². The molecule has 9 heteroatoms. The molecule has 270 valence electrons. The van der Waals surface area contributed by atoms with Crippen LogP contribution >= 0.6 is 0 Å².